The molecule has 0 spiro atoms. The van der Waals surface area contributed by atoms with Gasteiger partial charge in [0.2, 0.25) is 24.0 Å². The molecule has 352 valence electrons. The molecule has 22 heteroatoms. The zero-order valence-corrected chi connectivity index (χ0v) is 37.8. The number of hydrogen-bond acceptors (Lipinski definition) is 13. The number of ketones is 2. The zero-order valence-electron chi connectivity index (χ0n) is 35.3. The largest absolute Gasteiger partial charge is 0.481 e. The number of anilines is 1. The molecule has 1 aromatic heterocycles. The van der Waals surface area contributed by atoms with E-state index in [1.54, 1.807) is 38.1 Å². The maximum atomic E-state index is 17.9. The normalized spacial score (nSPS) is 31.7. The molecule has 0 bridgehead atoms. The van der Waals surface area contributed by atoms with Gasteiger partial charge in [0, 0.05) is 40.8 Å². The number of carboxylic acids is 1. The molecular weight excluding hydrogens is 944 g/mol. The lowest BCUT2D eigenvalue weighted by atomic mass is 9.44. The molecule has 65 heavy (non-hydrogen) atoms. The molecule has 3 saturated carbocycles. The van der Waals surface area contributed by atoms with Crippen LogP contribution in [0.2, 0.25) is 0 Å². The first-order valence-corrected chi connectivity index (χ1v) is 23.6. The number of alkyl halides is 2. The Morgan fingerprint density at radius 1 is 1.09 bits per heavy atom. The summed E-state index contributed by atoms with van der Waals surface area (Å²) in [4.78, 5) is 94.7. The standard InChI is InChI=1S/C43H50BrFN3O16P/c1-40-10-9-26(50)14-25(40)5-6-27-28-15-34-43(33(52)21-62-65(58,59)60,41(28,2)16-32(51)42(27,40)45)64-39(63-34)31-13-23(20-61-31)11-22-3-4-24(19-49)30(12-22)48-38(57)29(7-8-37(55)56)47-36(54)18-46-35(53)17-44/h3-4,9-10,12-14,20,27-29,32,34,39,49,51H,5-8,11,15-19,21H2,1-2H3,(H,46,53)(H,47,54)(H,48,57)(H,55,56)(H2,58,59,60)/t27-,28-,29-,32-,34+,39+,40-,41-,42-,43+/m0/s1. The van der Waals surface area contributed by atoms with Gasteiger partial charge in [0.05, 0.1) is 37.0 Å². The number of aliphatic carboxylic acids is 1. The predicted molar refractivity (Wildman–Crippen MR) is 226 cm³/mol. The quantitative estimate of drug-likeness (QED) is 0.0835. The molecule has 0 unspecified atom stereocenters. The summed E-state index contributed by atoms with van der Waals surface area (Å²) in [5.74, 6) is -5.73. The minimum atomic E-state index is -5.16. The number of amides is 3. The van der Waals surface area contributed by atoms with Crippen molar-refractivity contribution >= 4 is 64.7 Å². The van der Waals surface area contributed by atoms with Crippen molar-refractivity contribution in [3.05, 3.63) is 76.8 Å². The number of carbonyl (C=O) groups is 6. The van der Waals surface area contributed by atoms with Gasteiger partial charge in [-0.25, -0.2) is 8.96 Å². The second-order valence-corrected chi connectivity index (χ2v) is 19.4. The summed E-state index contributed by atoms with van der Waals surface area (Å²) in [7, 11) is -5.16. The van der Waals surface area contributed by atoms with Gasteiger partial charge in [-0.2, -0.15) is 0 Å². The van der Waals surface area contributed by atoms with Gasteiger partial charge in [-0.05, 0) is 80.4 Å². The van der Waals surface area contributed by atoms with Gasteiger partial charge in [-0.3, -0.25) is 33.3 Å². The van der Waals surface area contributed by atoms with Crippen LogP contribution in [0.4, 0.5) is 10.1 Å². The number of phosphoric ester groups is 1. The third-order valence-corrected chi connectivity index (χ3v) is 14.9. The summed E-state index contributed by atoms with van der Waals surface area (Å²) in [6.45, 7) is 1.30. The van der Waals surface area contributed by atoms with Crippen molar-refractivity contribution in [1.82, 2.24) is 10.6 Å². The summed E-state index contributed by atoms with van der Waals surface area (Å²) >= 11 is 2.96. The van der Waals surface area contributed by atoms with Crippen LogP contribution in [0.1, 0.15) is 81.1 Å². The number of aliphatic hydroxyl groups is 2. The molecular formula is C43H50BrFN3O16P. The maximum absolute atomic E-state index is 17.9. The highest BCUT2D eigenvalue weighted by molar-refractivity contribution is 9.09. The number of allylic oxidation sites excluding steroid dienone is 4. The van der Waals surface area contributed by atoms with Crippen LogP contribution >= 0.6 is 23.8 Å². The first-order chi connectivity index (χ1) is 30.6. The summed E-state index contributed by atoms with van der Waals surface area (Å²) in [6.07, 6.45) is 1.28. The molecule has 10 atom stereocenters. The lowest BCUT2D eigenvalue weighted by molar-refractivity contribution is -0.232. The molecule has 1 saturated heterocycles. The van der Waals surface area contributed by atoms with Gasteiger partial charge < -0.3 is 54.9 Å². The number of halogens is 2. The zero-order chi connectivity index (χ0) is 47.3. The van der Waals surface area contributed by atoms with E-state index in [-0.39, 0.29) is 54.7 Å². The highest BCUT2D eigenvalue weighted by atomic mass is 79.9. The van der Waals surface area contributed by atoms with Crippen molar-refractivity contribution in [3.63, 3.8) is 0 Å². The minimum absolute atomic E-state index is 0.0629. The van der Waals surface area contributed by atoms with Crippen LogP contribution < -0.4 is 16.0 Å². The highest BCUT2D eigenvalue weighted by Gasteiger charge is 2.79. The van der Waals surface area contributed by atoms with Crippen LogP contribution in [-0.2, 0) is 60.4 Å². The summed E-state index contributed by atoms with van der Waals surface area (Å²) in [5, 5.41) is 38.6. The van der Waals surface area contributed by atoms with E-state index in [0.29, 0.717) is 28.7 Å². The molecule has 5 aliphatic rings. The summed E-state index contributed by atoms with van der Waals surface area (Å²) < 4.78 is 53.3. The highest BCUT2D eigenvalue weighted by Crippen LogP contribution is 2.72. The van der Waals surface area contributed by atoms with Crippen LogP contribution in [0.25, 0.3) is 0 Å². The number of Topliss-reactive ketones (excluding diaryl/α,β-unsaturated/α-hetero) is 1. The fourth-order valence-electron chi connectivity index (χ4n) is 10.9. The molecule has 8 N–H and O–H groups in total. The lowest BCUT2D eigenvalue weighted by Gasteiger charge is -2.62. The Balaban J connectivity index is 1.11. The third-order valence-electron chi connectivity index (χ3n) is 13.9. The van der Waals surface area contributed by atoms with Crippen LogP contribution in [-0.4, -0.2) is 108 Å². The van der Waals surface area contributed by atoms with E-state index in [2.05, 4.69) is 36.4 Å². The van der Waals surface area contributed by atoms with E-state index >= 15 is 4.39 Å². The first kappa shape index (κ1) is 48.5. The van der Waals surface area contributed by atoms with Gasteiger partial charge in [0.15, 0.2) is 28.6 Å². The topological polar surface area (TPSA) is 298 Å². The number of hydrogen-bond donors (Lipinski definition) is 8. The molecule has 2 aromatic rings. The van der Waals surface area contributed by atoms with Gasteiger partial charge >= 0.3 is 13.8 Å². The number of aliphatic hydroxyl groups excluding tert-OH is 2. The Hall–Kier alpha value is -4.44. The Morgan fingerprint density at radius 2 is 1.85 bits per heavy atom. The van der Waals surface area contributed by atoms with E-state index in [1.807, 2.05) is 0 Å². The number of rotatable bonds is 17. The van der Waals surface area contributed by atoms with Crippen LogP contribution in [0.3, 0.4) is 0 Å². The van der Waals surface area contributed by atoms with E-state index in [9.17, 15) is 58.4 Å². The number of phosphoric acid groups is 1. The second-order valence-electron chi connectivity index (χ2n) is 17.6. The van der Waals surface area contributed by atoms with Crippen molar-refractivity contribution in [2.24, 2.45) is 22.7 Å². The Labute approximate surface area is 379 Å². The SMILES string of the molecule is C[C@]12C=CC(=O)C=C1CC[C@H]1[C@@H]3C[C@H]4O[C@@H](c5cc(Cc6ccc(CO)c(NC(=O)[C@H](CCC(=O)O)NC(=O)CNC(=O)CBr)c6)co5)O[C@@]4(C(=O)COP(=O)(O)O)[C@@]3(C)C[C@H](O)[C@@]12F. The second kappa shape index (κ2) is 18.3. The van der Waals surface area contributed by atoms with E-state index in [0.717, 1.165) is 0 Å². The number of furan rings is 1. The van der Waals surface area contributed by atoms with Crippen molar-refractivity contribution in [1.29, 1.82) is 0 Å². The molecule has 19 nitrogen and oxygen atoms in total. The molecule has 1 aromatic carbocycles. The Morgan fingerprint density at radius 3 is 2.54 bits per heavy atom. The molecule has 3 amide bonds. The van der Waals surface area contributed by atoms with Gasteiger partial charge in [-0.15, -0.1) is 0 Å². The number of ether oxygens (including phenoxy) is 2. The monoisotopic (exact) mass is 993 g/mol. The van der Waals surface area contributed by atoms with Gasteiger partial charge in [0.25, 0.3) is 0 Å². The number of fused-ring (bicyclic) bond motifs is 7. The number of benzene rings is 1. The summed E-state index contributed by atoms with van der Waals surface area (Å²) in [6, 6.07) is 5.07. The lowest BCUT2D eigenvalue weighted by Crippen LogP contribution is -2.69. The molecule has 4 fully saturated rings. The summed E-state index contributed by atoms with van der Waals surface area (Å²) in [5.41, 5.74) is -4.73. The molecule has 7 rings (SSSR count). The molecule has 0 radical (unpaired) electrons. The smallest absolute Gasteiger partial charge is 0.470 e. The average Bonchev–Trinajstić information content (AvgIpc) is 3.94. The Kier molecular flexibility index (Phi) is 13.7. The minimum Gasteiger partial charge on any atom is -0.481 e. The fourth-order valence-corrected chi connectivity index (χ4v) is 11.4. The van der Waals surface area contributed by atoms with Crippen molar-refractivity contribution in [2.45, 2.75) is 101 Å². The fraction of sp³-hybridized carbons (Fsp3) is 0.535. The predicted octanol–water partition coefficient (Wildman–Crippen LogP) is 2.97. The van der Waals surface area contributed by atoms with E-state index in [4.69, 9.17) is 13.9 Å². The van der Waals surface area contributed by atoms with E-state index < -0.39 is 122 Å². The molecule has 4 aliphatic carbocycles. The maximum Gasteiger partial charge on any atom is 0.470 e. The van der Waals surface area contributed by atoms with Crippen LogP contribution in [0.15, 0.2) is 58.7 Å². The van der Waals surface area contributed by atoms with Gasteiger partial charge in [-0.1, -0.05) is 46.6 Å². The average molecular weight is 995 g/mol. The van der Waals surface area contributed by atoms with E-state index in [1.165, 1.54) is 24.5 Å². The number of nitrogens with one attached hydrogen (secondary N) is 3. The number of carbonyl (C=O) groups excluding carboxylic acids is 5. The molecule has 1 aliphatic heterocycles. The molecule has 2 heterocycles. The van der Waals surface area contributed by atoms with Gasteiger partial charge in [0.1, 0.15) is 12.6 Å². The third kappa shape index (κ3) is 8.94. The van der Waals surface area contributed by atoms with Crippen LogP contribution in [0.5, 0.6) is 0 Å². The van der Waals surface area contributed by atoms with Crippen molar-refractivity contribution in [2.75, 3.05) is 23.8 Å². The van der Waals surface area contributed by atoms with Crippen LogP contribution in [0, 0.1) is 22.7 Å². The number of carboxylic acid groups (broad SMARTS) is 1. The first-order valence-electron chi connectivity index (χ1n) is 20.9. The Bertz CT molecular complexity index is 2390. The van der Waals surface area contributed by atoms with Crippen molar-refractivity contribution in [3.8, 4) is 0 Å². The van der Waals surface area contributed by atoms with Crippen molar-refractivity contribution < 1.29 is 81.2 Å².